The number of ether oxygens (including phenoxy) is 1. The lowest BCUT2D eigenvalue weighted by Gasteiger charge is -2.07. The van der Waals surface area contributed by atoms with Gasteiger partial charge in [-0.05, 0) is 31.9 Å². The molecule has 0 saturated carbocycles. The van der Waals surface area contributed by atoms with Gasteiger partial charge in [-0.3, -0.25) is 0 Å². The molecule has 4 heteroatoms. The average molecular weight is 233 g/mol. The van der Waals surface area contributed by atoms with Crippen LogP contribution in [-0.2, 0) is 6.42 Å². The van der Waals surface area contributed by atoms with E-state index in [0.29, 0.717) is 10.9 Å². The Hall–Kier alpha value is -1.84. The van der Waals surface area contributed by atoms with Crippen LogP contribution in [0.3, 0.4) is 0 Å². The number of hydrogen-bond acceptors (Lipinski definition) is 4. The smallest absolute Gasteiger partial charge is 0.397 e. The molecular weight excluding hydrogens is 218 g/mol. The van der Waals surface area contributed by atoms with Gasteiger partial charge >= 0.3 is 11.7 Å². The summed E-state index contributed by atoms with van der Waals surface area (Å²) in [7, 11) is 0. The van der Waals surface area contributed by atoms with Crippen LogP contribution in [-0.4, -0.2) is 11.1 Å². The van der Waals surface area contributed by atoms with Crippen molar-refractivity contribution in [2.45, 2.75) is 33.3 Å². The molecule has 0 fully saturated rings. The Labute approximate surface area is 99.2 Å². The van der Waals surface area contributed by atoms with E-state index in [1.165, 1.54) is 0 Å². The second-order valence-corrected chi connectivity index (χ2v) is 4.10. The Morgan fingerprint density at radius 2 is 2.18 bits per heavy atom. The van der Waals surface area contributed by atoms with E-state index >= 15 is 0 Å². The fraction of sp³-hybridized carbons (Fsp3) is 0.385. The molecule has 4 nitrogen and oxygen atoms in total. The summed E-state index contributed by atoms with van der Waals surface area (Å²) in [5.41, 5.74) is 1.18. The maximum Gasteiger partial charge on any atom is 0.397 e. The zero-order valence-electron chi connectivity index (χ0n) is 10.2. The number of hydrogen-bond donors (Lipinski definition) is 0. The highest BCUT2D eigenvalue weighted by atomic mass is 16.6. The first-order valence-corrected chi connectivity index (χ1v) is 5.71. The van der Waals surface area contributed by atoms with Crippen LogP contribution in [0.2, 0.25) is 0 Å². The maximum absolute atomic E-state index is 11.9. The Balaban J connectivity index is 2.63. The van der Waals surface area contributed by atoms with Gasteiger partial charge in [0.05, 0.1) is 17.0 Å². The second-order valence-electron chi connectivity index (χ2n) is 4.10. The van der Waals surface area contributed by atoms with Crippen molar-refractivity contribution in [3.05, 3.63) is 34.2 Å². The van der Waals surface area contributed by atoms with Crippen molar-refractivity contribution in [2.75, 3.05) is 0 Å². The van der Waals surface area contributed by atoms with Crippen LogP contribution in [0.5, 0.6) is 6.08 Å². The lowest BCUT2D eigenvalue weighted by Crippen LogP contribution is -2.11. The summed E-state index contributed by atoms with van der Waals surface area (Å²) in [4.78, 5) is 16.1. The van der Waals surface area contributed by atoms with Gasteiger partial charge in [0.2, 0.25) is 0 Å². The van der Waals surface area contributed by atoms with Gasteiger partial charge in [-0.1, -0.05) is 19.1 Å². The molecule has 0 aliphatic heterocycles. The number of rotatable bonds is 3. The molecule has 1 aromatic carbocycles. The van der Waals surface area contributed by atoms with Gasteiger partial charge in [-0.2, -0.15) is 4.98 Å². The van der Waals surface area contributed by atoms with Crippen LogP contribution in [0.4, 0.5) is 0 Å². The predicted octanol–water partition coefficient (Wildman–Crippen LogP) is 2.54. The van der Waals surface area contributed by atoms with Crippen LogP contribution >= 0.6 is 0 Å². The van der Waals surface area contributed by atoms with E-state index in [0.717, 1.165) is 12.0 Å². The summed E-state index contributed by atoms with van der Waals surface area (Å²) in [5, 5.41) is 0.547. The largest absolute Gasteiger partial charge is 0.447 e. The molecule has 0 N–H and O–H groups in total. The van der Waals surface area contributed by atoms with Crippen LogP contribution in [0.15, 0.2) is 27.4 Å². The summed E-state index contributed by atoms with van der Waals surface area (Å²) < 4.78 is 10.4. The first-order valence-electron chi connectivity index (χ1n) is 5.71. The number of aryl methyl sites for hydroxylation is 1. The Morgan fingerprint density at radius 1 is 1.41 bits per heavy atom. The van der Waals surface area contributed by atoms with Crippen LogP contribution < -0.4 is 10.4 Å². The first kappa shape index (κ1) is 11.6. The zero-order chi connectivity index (χ0) is 12.4. The molecule has 0 bridgehead atoms. The summed E-state index contributed by atoms with van der Waals surface area (Å²) in [5.74, 6) is 0. The first-order chi connectivity index (χ1) is 8.11. The van der Waals surface area contributed by atoms with Crippen molar-refractivity contribution >= 4 is 10.9 Å². The third-order valence-electron chi connectivity index (χ3n) is 2.44. The van der Waals surface area contributed by atoms with Crippen molar-refractivity contribution in [1.29, 1.82) is 0 Å². The minimum atomic E-state index is -0.386. The van der Waals surface area contributed by atoms with E-state index in [2.05, 4.69) is 4.98 Å². The fourth-order valence-corrected chi connectivity index (χ4v) is 1.71. The maximum atomic E-state index is 11.9. The molecule has 2 rings (SSSR count). The van der Waals surface area contributed by atoms with E-state index in [1.54, 1.807) is 6.07 Å². The second kappa shape index (κ2) is 4.57. The molecular formula is C13H15NO3. The number of aromatic nitrogens is 1. The van der Waals surface area contributed by atoms with Gasteiger partial charge in [-0.25, -0.2) is 4.79 Å². The Morgan fingerprint density at radius 3 is 2.82 bits per heavy atom. The van der Waals surface area contributed by atoms with Crippen LogP contribution in [0, 0.1) is 0 Å². The Kier molecular flexibility index (Phi) is 3.13. The van der Waals surface area contributed by atoms with E-state index < -0.39 is 0 Å². The van der Waals surface area contributed by atoms with Gasteiger partial charge in [0.15, 0.2) is 0 Å². The summed E-state index contributed by atoms with van der Waals surface area (Å²) in [6.07, 6.45) is 0.733. The van der Waals surface area contributed by atoms with Gasteiger partial charge in [0.1, 0.15) is 0 Å². The number of nitrogens with zero attached hydrogens (tertiary/aromatic N) is 1. The standard InChI is InChI=1S/C13H15NO3/c1-4-9-6-5-7-10-11(9)12(15)17-13(14-10)16-8(2)3/h5-8H,4H2,1-3H3. The zero-order valence-corrected chi connectivity index (χ0v) is 10.2. The lowest BCUT2D eigenvalue weighted by molar-refractivity contribution is 0.166. The highest BCUT2D eigenvalue weighted by Crippen LogP contribution is 2.17. The van der Waals surface area contributed by atoms with Gasteiger partial charge < -0.3 is 9.15 Å². The third kappa shape index (κ3) is 2.30. The molecule has 17 heavy (non-hydrogen) atoms. The van der Waals surface area contributed by atoms with Crippen molar-refractivity contribution in [3.8, 4) is 6.08 Å². The highest BCUT2D eigenvalue weighted by molar-refractivity contribution is 5.80. The monoisotopic (exact) mass is 233 g/mol. The molecule has 0 aliphatic rings. The number of benzene rings is 1. The van der Waals surface area contributed by atoms with Crippen molar-refractivity contribution < 1.29 is 9.15 Å². The van der Waals surface area contributed by atoms with Crippen LogP contribution in [0.1, 0.15) is 26.3 Å². The van der Waals surface area contributed by atoms with Crippen molar-refractivity contribution in [3.63, 3.8) is 0 Å². The minimum Gasteiger partial charge on any atom is -0.447 e. The predicted molar refractivity (Wildman–Crippen MR) is 65.4 cm³/mol. The van der Waals surface area contributed by atoms with Gasteiger partial charge in [-0.15, -0.1) is 0 Å². The van der Waals surface area contributed by atoms with Crippen LogP contribution in [0.25, 0.3) is 10.9 Å². The lowest BCUT2D eigenvalue weighted by atomic mass is 10.1. The average Bonchev–Trinajstić information content (AvgIpc) is 2.27. The molecule has 0 radical (unpaired) electrons. The molecule has 0 amide bonds. The van der Waals surface area contributed by atoms with Crippen molar-refractivity contribution in [1.82, 2.24) is 4.98 Å². The van der Waals surface area contributed by atoms with Crippen molar-refractivity contribution in [2.24, 2.45) is 0 Å². The molecule has 90 valence electrons. The molecule has 1 heterocycles. The van der Waals surface area contributed by atoms with E-state index in [-0.39, 0.29) is 17.8 Å². The normalized spacial score (nSPS) is 11.1. The Bertz CT molecular complexity index is 587. The third-order valence-corrected chi connectivity index (χ3v) is 2.44. The molecule has 1 aromatic heterocycles. The molecule has 0 atom stereocenters. The summed E-state index contributed by atoms with van der Waals surface area (Å²) in [6, 6.07) is 5.58. The fourth-order valence-electron chi connectivity index (χ4n) is 1.71. The number of fused-ring (bicyclic) bond motifs is 1. The molecule has 2 aromatic rings. The van der Waals surface area contributed by atoms with Gasteiger partial charge in [0, 0.05) is 0 Å². The minimum absolute atomic E-state index is 0.0331. The topological polar surface area (TPSA) is 52.3 Å². The molecule has 0 aliphatic carbocycles. The molecule has 0 saturated heterocycles. The quantitative estimate of drug-likeness (QED) is 0.817. The van der Waals surface area contributed by atoms with E-state index in [1.807, 2.05) is 32.9 Å². The van der Waals surface area contributed by atoms with Gasteiger partial charge in [0.25, 0.3) is 0 Å². The SMILES string of the molecule is CCc1cccc2nc(OC(C)C)oc(=O)c12. The molecule has 0 spiro atoms. The highest BCUT2D eigenvalue weighted by Gasteiger charge is 2.11. The summed E-state index contributed by atoms with van der Waals surface area (Å²) in [6.45, 7) is 5.70. The van der Waals surface area contributed by atoms with E-state index in [4.69, 9.17) is 9.15 Å². The van der Waals surface area contributed by atoms with E-state index in [9.17, 15) is 4.79 Å². The molecule has 0 unspecified atom stereocenters. The summed E-state index contributed by atoms with van der Waals surface area (Å²) >= 11 is 0.